The molecule has 0 bridgehead atoms. The highest BCUT2D eigenvalue weighted by Crippen LogP contribution is 2.39. The van der Waals surface area contributed by atoms with Crippen LogP contribution in [-0.2, 0) is 0 Å². The first kappa shape index (κ1) is 27.5. The van der Waals surface area contributed by atoms with Gasteiger partial charge in [-0.05, 0) is 81.8 Å². The summed E-state index contributed by atoms with van der Waals surface area (Å²) in [6, 6.07) is 17.0. The number of hydrazone groups is 1. The van der Waals surface area contributed by atoms with Crippen LogP contribution in [0.3, 0.4) is 0 Å². The third kappa shape index (κ3) is 7.47. The average Bonchev–Trinajstić information content (AvgIpc) is 2.89. The third-order valence-corrected chi connectivity index (χ3v) is 5.42. The smallest absolute Gasteiger partial charge is 0.271 e. The van der Waals surface area contributed by atoms with Crippen LogP contribution >= 0.6 is 11.6 Å². The lowest BCUT2D eigenvalue weighted by molar-refractivity contribution is 0.0952. The molecule has 0 radical (unpaired) electrons. The Balaban J connectivity index is 1.70. The number of rotatable bonds is 11. The number of ether oxygens (including phenoxy) is 3. The minimum absolute atomic E-state index is 0.240. The molecule has 0 aromatic heterocycles. The molecule has 0 unspecified atom stereocenters. The van der Waals surface area contributed by atoms with Crippen LogP contribution in [0.25, 0.3) is 0 Å². The van der Waals surface area contributed by atoms with E-state index in [-0.39, 0.29) is 5.91 Å². The predicted octanol–water partition coefficient (Wildman–Crippen LogP) is 5.94. The second kappa shape index (κ2) is 13.3. The van der Waals surface area contributed by atoms with E-state index in [1.807, 2.05) is 20.8 Å². The summed E-state index contributed by atoms with van der Waals surface area (Å²) in [4.78, 5) is 25.3. The molecule has 3 rings (SSSR count). The molecule has 8 nitrogen and oxygen atoms in total. The molecule has 0 aliphatic heterocycles. The van der Waals surface area contributed by atoms with Gasteiger partial charge in [-0.3, -0.25) is 9.59 Å². The summed E-state index contributed by atoms with van der Waals surface area (Å²) in [5.74, 6) is 0.659. The molecule has 0 saturated heterocycles. The van der Waals surface area contributed by atoms with Crippen molar-refractivity contribution in [3.8, 4) is 17.2 Å². The number of hydrogen-bond donors (Lipinski definition) is 2. The van der Waals surface area contributed by atoms with Gasteiger partial charge in [0.25, 0.3) is 11.8 Å². The van der Waals surface area contributed by atoms with Crippen molar-refractivity contribution in [1.82, 2.24) is 5.43 Å². The zero-order valence-electron chi connectivity index (χ0n) is 21.3. The van der Waals surface area contributed by atoms with E-state index in [0.717, 1.165) is 5.56 Å². The van der Waals surface area contributed by atoms with Crippen LogP contribution in [0, 0.1) is 0 Å². The molecule has 2 amide bonds. The van der Waals surface area contributed by atoms with E-state index in [0.29, 0.717) is 64.6 Å². The standard InChI is InChI=1S/C28H30ClN3O5/c1-5-35-24-16-21(17-25(36-6-2)26(24)37-7-3)28(34)32-31-18(4)19-10-14-23(15-11-19)30-27(33)20-8-12-22(29)13-9-20/h8-17H,5-7H2,1-4H3,(H,30,33)(H,32,34)/b31-18+. The van der Waals surface area contributed by atoms with E-state index < -0.39 is 5.91 Å². The van der Waals surface area contributed by atoms with Gasteiger partial charge in [-0.2, -0.15) is 5.10 Å². The van der Waals surface area contributed by atoms with E-state index in [9.17, 15) is 9.59 Å². The SMILES string of the molecule is CCOc1cc(C(=O)N/N=C(\C)c2ccc(NC(=O)c3ccc(Cl)cc3)cc2)cc(OCC)c1OCC. The number of nitrogens with zero attached hydrogens (tertiary/aromatic N) is 1. The van der Waals surface area contributed by atoms with E-state index in [1.165, 1.54) is 0 Å². The summed E-state index contributed by atoms with van der Waals surface area (Å²) in [5.41, 5.74) is 5.40. The van der Waals surface area contributed by atoms with Crippen molar-refractivity contribution in [2.45, 2.75) is 27.7 Å². The fraction of sp³-hybridized carbons (Fsp3) is 0.250. The molecule has 0 heterocycles. The van der Waals surface area contributed by atoms with Crippen molar-refractivity contribution in [3.05, 3.63) is 82.4 Å². The van der Waals surface area contributed by atoms with Gasteiger partial charge in [-0.1, -0.05) is 23.7 Å². The maximum absolute atomic E-state index is 12.9. The number of benzene rings is 3. The minimum Gasteiger partial charge on any atom is -0.490 e. The van der Waals surface area contributed by atoms with Crippen LogP contribution in [0.2, 0.25) is 5.02 Å². The van der Waals surface area contributed by atoms with Gasteiger partial charge in [0.05, 0.1) is 25.5 Å². The van der Waals surface area contributed by atoms with Gasteiger partial charge < -0.3 is 19.5 Å². The fourth-order valence-corrected chi connectivity index (χ4v) is 3.51. The minimum atomic E-state index is -0.420. The lowest BCUT2D eigenvalue weighted by Crippen LogP contribution is -2.20. The summed E-state index contributed by atoms with van der Waals surface area (Å²) in [5, 5.41) is 7.63. The maximum atomic E-state index is 12.9. The van der Waals surface area contributed by atoms with Gasteiger partial charge in [0, 0.05) is 21.8 Å². The summed E-state index contributed by atoms with van der Waals surface area (Å²) in [6.07, 6.45) is 0. The topological polar surface area (TPSA) is 98.2 Å². The van der Waals surface area contributed by atoms with Gasteiger partial charge in [-0.15, -0.1) is 0 Å². The quantitative estimate of drug-likeness (QED) is 0.239. The second-order valence-electron chi connectivity index (χ2n) is 7.78. The Kier molecular flexibility index (Phi) is 9.92. The Morgan fingerprint density at radius 2 is 1.30 bits per heavy atom. The zero-order valence-corrected chi connectivity index (χ0v) is 22.0. The molecule has 37 heavy (non-hydrogen) atoms. The first-order chi connectivity index (χ1) is 17.9. The Bertz CT molecular complexity index is 1230. The second-order valence-corrected chi connectivity index (χ2v) is 8.21. The highest BCUT2D eigenvalue weighted by atomic mass is 35.5. The highest BCUT2D eigenvalue weighted by molar-refractivity contribution is 6.30. The van der Waals surface area contributed by atoms with Gasteiger partial charge >= 0.3 is 0 Å². The van der Waals surface area contributed by atoms with Gasteiger partial charge in [-0.25, -0.2) is 5.43 Å². The molecule has 0 aliphatic carbocycles. The molecular weight excluding hydrogens is 494 g/mol. The number of carbonyl (C=O) groups excluding carboxylic acids is 2. The van der Waals surface area contributed by atoms with Crippen LogP contribution in [-0.4, -0.2) is 37.3 Å². The molecule has 0 atom stereocenters. The number of nitrogens with one attached hydrogen (secondary N) is 2. The van der Waals surface area contributed by atoms with Crippen molar-refractivity contribution in [2.24, 2.45) is 5.10 Å². The molecule has 0 saturated carbocycles. The largest absolute Gasteiger partial charge is 0.490 e. The van der Waals surface area contributed by atoms with Crippen LogP contribution in [0.1, 0.15) is 54.0 Å². The first-order valence-electron chi connectivity index (χ1n) is 11.9. The zero-order chi connectivity index (χ0) is 26.8. The predicted molar refractivity (Wildman–Crippen MR) is 145 cm³/mol. The molecular formula is C28H30ClN3O5. The van der Waals surface area contributed by atoms with Crippen molar-refractivity contribution in [3.63, 3.8) is 0 Å². The molecule has 3 aromatic rings. The number of anilines is 1. The molecule has 2 N–H and O–H groups in total. The van der Waals surface area contributed by atoms with Crippen LogP contribution in [0.4, 0.5) is 5.69 Å². The van der Waals surface area contributed by atoms with E-state index in [2.05, 4.69) is 15.8 Å². The van der Waals surface area contributed by atoms with Crippen molar-refractivity contribution >= 4 is 34.8 Å². The highest BCUT2D eigenvalue weighted by Gasteiger charge is 2.18. The molecule has 194 valence electrons. The number of halogens is 1. The molecule has 3 aromatic carbocycles. The molecule has 0 spiro atoms. The number of hydrogen-bond acceptors (Lipinski definition) is 6. The van der Waals surface area contributed by atoms with Crippen molar-refractivity contribution in [1.29, 1.82) is 0 Å². The van der Waals surface area contributed by atoms with Gasteiger partial charge in [0.2, 0.25) is 5.75 Å². The Morgan fingerprint density at radius 1 is 0.757 bits per heavy atom. The van der Waals surface area contributed by atoms with Crippen molar-refractivity contribution < 1.29 is 23.8 Å². The lowest BCUT2D eigenvalue weighted by atomic mass is 10.1. The number of carbonyl (C=O) groups is 2. The summed E-state index contributed by atoms with van der Waals surface area (Å²) < 4.78 is 17.0. The first-order valence-corrected chi connectivity index (χ1v) is 12.3. The van der Waals surface area contributed by atoms with E-state index in [1.54, 1.807) is 67.6 Å². The Morgan fingerprint density at radius 3 is 1.84 bits per heavy atom. The Labute approximate surface area is 221 Å². The van der Waals surface area contributed by atoms with Crippen LogP contribution < -0.4 is 25.0 Å². The monoisotopic (exact) mass is 523 g/mol. The lowest BCUT2D eigenvalue weighted by Gasteiger charge is -2.16. The summed E-state index contributed by atoms with van der Waals surface area (Å²) in [6.45, 7) is 8.59. The number of amides is 2. The summed E-state index contributed by atoms with van der Waals surface area (Å²) in [7, 11) is 0. The summed E-state index contributed by atoms with van der Waals surface area (Å²) >= 11 is 5.88. The molecule has 0 fully saturated rings. The van der Waals surface area contributed by atoms with E-state index >= 15 is 0 Å². The third-order valence-electron chi connectivity index (χ3n) is 5.16. The van der Waals surface area contributed by atoms with Crippen LogP contribution in [0.5, 0.6) is 17.2 Å². The fourth-order valence-electron chi connectivity index (χ4n) is 3.38. The van der Waals surface area contributed by atoms with Gasteiger partial charge in [0.15, 0.2) is 11.5 Å². The van der Waals surface area contributed by atoms with E-state index in [4.69, 9.17) is 25.8 Å². The average molecular weight is 524 g/mol. The maximum Gasteiger partial charge on any atom is 0.271 e. The normalized spacial score (nSPS) is 11.0. The molecule has 9 heteroatoms. The van der Waals surface area contributed by atoms with Crippen LogP contribution in [0.15, 0.2) is 65.8 Å². The Hall–Kier alpha value is -4.04. The molecule has 0 aliphatic rings. The van der Waals surface area contributed by atoms with Crippen molar-refractivity contribution in [2.75, 3.05) is 25.1 Å². The van der Waals surface area contributed by atoms with Gasteiger partial charge in [0.1, 0.15) is 0 Å².